The van der Waals surface area contributed by atoms with Gasteiger partial charge in [0, 0.05) is 17.8 Å². The van der Waals surface area contributed by atoms with Crippen molar-refractivity contribution in [3.8, 4) is 34.1 Å². The maximum atomic E-state index is 14.3. The van der Waals surface area contributed by atoms with Gasteiger partial charge in [0.2, 0.25) is 0 Å². The predicted octanol–water partition coefficient (Wildman–Crippen LogP) is 4.10. The largest absolute Gasteiger partial charge is 0.507 e. The number of halogens is 1. The molecule has 122 valence electrons. The number of hydrogen-bond acceptors (Lipinski definition) is 3. The minimum absolute atomic E-state index is 0.113. The van der Waals surface area contributed by atoms with E-state index >= 15 is 0 Å². The quantitative estimate of drug-likeness (QED) is 0.746. The summed E-state index contributed by atoms with van der Waals surface area (Å²) >= 11 is 0. The first kappa shape index (κ1) is 14.8. The van der Waals surface area contributed by atoms with Gasteiger partial charge in [0.15, 0.2) is 0 Å². The molecule has 0 saturated carbocycles. The van der Waals surface area contributed by atoms with Crippen molar-refractivity contribution in [1.82, 2.24) is 9.55 Å². The average molecular weight is 324 g/mol. The van der Waals surface area contributed by atoms with Gasteiger partial charge >= 0.3 is 0 Å². The summed E-state index contributed by atoms with van der Waals surface area (Å²) in [6.45, 7) is 0.721. The number of rotatable bonds is 2. The number of aromatic nitrogens is 2. The molecule has 1 aromatic heterocycles. The van der Waals surface area contributed by atoms with Gasteiger partial charge < -0.3 is 14.8 Å². The van der Waals surface area contributed by atoms with Gasteiger partial charge in [-0.3, -0.25) is 0 Å². The van der Waals surface area contributed by atoms with Crippen molar-refractivity contribution in [2.24, 2.45) is 0 Å². The van der Waals surface area contributed by atoms with Gasteiger partial charge in [-0.1, -0.05) is 18.2 Å². The van der Waals surface area contributed by atoms with Crippen molar-refractivity contribution in [3.05, 3.63) is 54.0 Å². The Balaban J connectivity index is 1.99. The molecule has 0 aliphatic carbocycles. The highest BCUT2D eigenvalue weighted by atomic mass is 19.1. The Labute approximate surface area is 138 Å². The fourth-order valence-corrected chi connectivity index (χ4v) is 3.36. The van der Waals surface area contributed by atoms with Crippen LogP contribution in [0.25, 0.3) is 22.6 Å². The summed E-state index contributed by atoms with van der Waals surface area (Å²) in [6.07, 6.45) is 2.81. The molecule has 4 nitrogen and oxygen atoms in total. The second-order valence-electron chi connectivity index (χ2n) is 5.99. The maximum absolute atomic E-state index is 14.3. The Morgan fingerprint density at radius 3 is 2.54 bits per heavy atom. The second-order valence-corrected chi connectivity index (χ2v) is 5.99. The van der Waals surface area contributed by atoms with Crippen molar-refractivity contribution in [2.75, 3.05) is 0 Å². The molecule has 0 saturated heterocycles. The first-order valence-corrected chi connectivity index (χ1v) is 8.02. The fourth-order valence-electron chi connectivity index (χ4n) is 3.36. The zero-order valence-corrected chi connectivity index (χ0v) is 13.0. The summed E-state index contributed by atoms with van der Waals surface area (Å²) in [5, 5.41) is 20.3. The normalized spacial score (nSPS) is 13.7. The van der Waals surface area contributed by atoms with Crippen LogP contribution in [-0.4, -0.2) is 19.8 Å². The third-order valence-electron chi connectivity index (χ3n) is 4.49. The van der Waals surface area contributed by atoms with E-state index in [1.54, 1.807) is 18.2 Å². The van der Waals surface area contributed by atoms with Gasteiger partial charge in [-0.25, -0.2) is 9.37 Å². The summed E-state index contributed by atoms with van der Waals surface area (Å²) in [6, 6.07) is 11.3. The van der Waals surface area contributed by atoms with Crippen LogP contribution < -0.4 is 0 Å². The van der Waals surface area contributed by atoms with E-state index in [1.807, 2.05) is 10.6 Å². The van der Waals surface area contributed by atoms with E-state index in [-0.39, 0.29) is 17.1 Å². The number of imidazole rings is 1. The molecular formula is C19H17FN2O2. The smallest absolute Gasteiger partial charge is 0.147 e. The molecule has 0 atom stereocenters. The van der Waals surface area contributed by atoms with E-state index in [4.69, 9.17) is 0 Å². The highest BCUT2D eigenvalue weighted by Gasteiger charge is 2.26. The molecule has 0 unspecified atom stereocenters. The summed E-state index contributed by atoms with van der Waals surface area (Å²) in [5.41, 5.74) is 2.37. The number of benzene rings is 2. The van der Waals surface area contributed by atoms with Crippen LogP contribution in [0.15, 0.2) is 42.5 Å². The molecule has 0 radical (unpaired) electrons. The summed E-state index contributed by atoms with van der Waals surface area (Å²) in [5.74, 6) is -0.0683. The minimum Gasteiger partial charge on any atom is -0.507 e. The molecule has 4 rings (SSSR count). The first-order valence-electron chi connectivity index (χ1n) is 8.02. The number of nitrogens with zero attached hydrogens (tertiary/aromatic N) is 2. The standard InChI is InChI=1S/C19H17FN2O2/c20-13-7-5-10-16(24)17(13)19-21-18(12-6-1-2-9-15(12)23)14-8-3-4-11-22(14)19/h1-2,5-7,9-10,23-24H,3-4,8,11H2. The molecule has 1 aliphatic rings. The molecule has 0 amide bonds. The zero-order chi connectivity index (χ0) is 16.7. The van der Waals surface area contributed by atoms with E-state index in [0.29, 0.717) is 17.1 Å². The SMILES string of the molecule is Oc1ccccc1-c1nc(-c2c(O)cccc2F)n2c1CCCC2. The Bertz CT molecular complexity index is 897. The zero-order valence-electron chi connectivity index (χ0n) is 13.0. The van der Waals surface area contributed by atoms with Crippen LogP contribution in [0.1, 0.15) is 18.5 Å². The Morgan fingerprint density at radius 1 is 0.958 bits per heavy atom. The lowest BCUT2D eigenvalue weighted by molar-refractivity contribution is 0.469. The van der Waals surface area contributed by atoms with Gasteiger partial charge in [0.25, 0.3) is 0 Å². The molecular weight excluding hydrogens is 307 g/mol. The molecule has 24 heavy (non-hydrogen) atoms. The molecule has 2 aromatic carbocycles. The van der Waals surface area contributed by atoms with Crippen molar-refractivity contribution >= 4 is 0 Å². The number of phenolic OH excluding ortho intramolecular Hbond substituents is 2. The predicted molar refractivity (Wildman–Crippen MR) is 89.3 cm³/mol. The van der Waals surface area contributed by atoms with E-state index in [1.165, 1.54) is 18.2 Å². The Morgan fingerprint density at radius 2 is 1.75 bits per heavy atom. The second kappa shape index (κ2) is 5.67. The number of fused-ring (bicyclic) bond motifs is 1. The Hall–Kier alpha value is -2.82. The van der Waals surface area contributed by atoms with Crippen molar-refractivity contribution in [3.63, 3.8) is 0 Å². The topological polar surface area (TPSA) is 58.3 Å². The Kier molecular flexibility index (Phi) is 3.49. The fraction of sp³-hybridized carbons (Fsp3) is 0.211. The first-order chi connectivity index (χ1) is 11.7. The van der Waals surface area contributed by atoms with Gasteiger partial charge in [0.1, 0.15) is 23.1 Å². The lowest BCUT2D eigenvalue weighted by Crippen LogP contribution is -2.11. The molecule has 0 fully saturated rings. The van der Waals surface area contributed by atoms with E-state index < -0.39 is 5.82 Å². The minimum atomic E-state index is -0.503. The number of hydrogen-bond donors (Lipinski definition) is 2. The summed E-state index contributed by atoms with van der Waals surface area (Å²) < 4.78 is 16.3. The van der Waals surface area contributed by atoms with Gasteiger partial charge in [-0.05, 0) is 43.5 Å². The van der Waals surface area contributed by atoms with Crippen LogP contribution in [0.5, 0.6) is 11.5 Å². The van der Waals surface area contributed by atoms with Gasteiger partial charge in [-0.15, -0.1) is 0 Å². The van der Waals surface area contributed by atoms with Gasteiger partial charge in [0.05, 0.1) is 11.3 Å². The third-order valence-corrected chi connectivity index (χ3v) is 4.49. The van der Waals surface area contributed by atoms with E-state index in [0.717, 1.165) is 31.5 Å². The summed E-state index contributed by atoms with van der Waals surface area (Å²) in [7, 11) is 0. The van der Waals surface area contributed by atoms with Crippen LogP contribution in [-0.2, 0) is 13.0 Å². The van der Waals surface area contributed by atoms with Crippen LogP contribution in [0.4, 0.5) is 4.39 Å². The van der Waals surface area contributed by atoms with Crippen LogP contribution in [0.2, 0.25) is 0 Å². The lowest BCUT2D eigenvalue weighted by Gasteiger charge is -2.18. The van der Waals surface area contributed by atoms with Crippen molar-refractivity contribution in [1.29, 1.82) is 0 Å². The number of para-hydroxylation sites is 1. The van der Waals surface area contributed by atoms with Gasteiger partial charge in [-0.2, -0.15) is 0 Å². The van der Waals surface area contributed by atoms with E-state index in [2.05, 4.69) is 4.98 Å². The van der Waals surface area contributed by atoms with Crippen LogP contribution in [0.3, 0.4) is 0 Å². The molecule has 3 aromatic rings. The van der Waals surface area contributed by atoms with Crippen molar-refractivity contribution < 1.29 is 14.6 Å². The highest BCUT2D eigenvalue weighted by molar-refractivity contribution is 5.74. The maximum Gasteiger partial charge on any atom is 0.147 e. The lowest BCUT2D eigenvalue weighted by atomic mass is 10.0. The highest BCUT2D eigenvalue weighted by Crippen LogP contribution is 2.39. The monoisotopic (exact) mass is 324 g/mol. The molecule has 2 N–H and O–H groups in total. The number of aromatic hydroxyl groups is 2. The van der Waals surface area contributed by atoms with Crippen LogP contribution in [0, 0.1) is 5.82 Å². The van der Waals surface area contributed by atoms with Crippen molar-refractivity contribution in [2.45, 2.75) is 25.8 Å². The molecule has 2 heterocycles. The summed E-state index contributed by atoms with van der Waals surface area (Å²) in [4.78, 5) is 4.62. The molecule has 5 heteroatoms. The van der Waals surface area contributed by atoms with E-state index in [9.17, 15) is 14.6 Å². The number of phenols is 2. The van der Waals surface area contributed by atoms with Crippen LogP contribution >= 0.6 is 0 Å². The average Bonchev–Trinajstić information content (AvgIpc) is 2.95. The third kappa shape index (κ3) is 2.24. The molecule has 0 bridgehead atoms. The molecule has 0 spiro atoms. The molecule has 1 aliphatic heterocycles.